The van der Waals surface area contributed by atoms with Crippen molar-refractivity contribution in [1.29, 1.82) is 0 Å². The largest absolute Gasteiger partial charge is 0.507 e. The summed E-state index contributed by atoms with van der Waals surface area (Å²) in [5, 5.41) is 18.7. The van der Waals surface area contributed by atoms with Crippen molar-refractivity contribution in [2.75, 3.05) is 5.01 Å². The van der Waals surface area contributed by atoms with Gasteiger partial charge in [-0.05, 0) is 30.7 Å². The Hall–Kier alpha value is -3.35. The number of carbonyl (C=O) groups is 3. The van der Waals surface area contributed by atoms with E-state index in [0.717, 1.165) is 12.8 Å². The predicted octanol–water partition coefficient (Wildman–Crippen LogP) is 2.96. The zero-order chi connectivity index (χ0) is 19.8. The van der Waals surface area contributed by atoms with Gasteiger partial charge in [0, 0.05) is 0 Å². The normalized spacial score (nSPS) is 15.7. The molecule has 0 aliphatic carbocycles. The molecule has 0 radical (unpaired) electrons. The summed E-state index contributed by atoms with van der Waals surface area (Å²) < 4.78 is 0. The van der Waals surface area contributed by atoms with Gasteiger partial charge in [0.2, 0.25) is 0 Å². The molecule has 2 aromatic rings. The monoisotopic (exact) mass is 370 g/mol. The zero-order valence-corrected chi connectivity index (χ0v) is 15.0. The third kappa shape index (κ3) is 5.07. The van der Waals surface area contributed by atoms with Gasteiger partial charge in [-0.15, -0.1) is 0 Å². The molecule has 7 nitrogen and oxygen atoms in total. The molecule has 2 aromatic carbocycles. The molecule has 2 amide bonds. The van der Waals surface area contributed by atoms with E-state index in [2.05, 4.69) is 5.43 Å². The van der Waals surface area contributed by atoms with Crippen LogP contribution in [-0.4, -0.2) is 28.0 Å². The van der Waals surface area contributed by atoms with Gasteiger partial charge in [-0.3, -0.25) is 15.0 Å². The lowest BCUT2D eigenvalue weighted by Crippen LogP contribution is -2.35. The first-order valence-corrected chi connectivity index (χ1v) is 8.66. The second-order valence-electron chi connectivity index (χ2n) is 6.00. The molecule has 142 valence electrons. The van der Waals surface area contributed by atoms with Crippen LogP contribution in [0.25, 0.3) is 0 Å². The number of nitrogens with zero attached hydrogens (tertiary/aromatic N) is 1. The Morgan fingerprint density at radius 1 is 1.07 bits per heavy atom. The van der Waals surface area contributed by atoms with E-state index in [1.54, 1.807) is 24.3 Å². The average Bonchev–Trinajstić information content (AvgIpc) is 2.95. The van der Waals surface area contributed by atoms with Crippen molar-refractivity contribution < 1.29 is 24.6 Å². The van der Waals surface area contributed by atoms with Crippen LogP contribution < -0.4 is 10.4 Å². The number of benzene rings is 2. The number of carboxylic acids is 1. The zero-order valence-electron chi connectivity index (χ0n) is 15.0. The number of anilines is 1. The summed E-state index contributed by atoms with van der Waals surface area (Å²) in [6.45, 7) is 2.05. The van der Waals surface area contributed by atoms with Crippen LogP contribution in [0.5, 0.6) is 5.75 Å². The number of carboxylic acid groups (broad SMARTS) is 1. The highest BCUT2D eigenvalue weighted by Crippen LogP contribution is 2.22. The number of carbonyl (C=O) groups excluding carboxylic acids is 2. The van der Waals surface area contributed by atoms with Crippen molar-refractivity contribution in [3.63, 3.8) is 0 Å². The molecular formula is C20H22N2O5. The molecule has 1 saturated heterocycles. The predicted molar refractivity (Wildman–Crippen MR) is 100 cm³/mol. The fourth-order valence-corrected chi connectivity index (χ4v) is 2.60. The summed E-state index contributed by atoms with van der Waals surface area (Å²) in [6, 6.07) is 15.0. The minimum Gasteiger partial charge on any atom is -0.507 e. The highest BCUT2D eigenvalue weighted by Gasteiger charge is 2.39. The number of unbranched alkanes of at least 4 members (excludes halogenated alkanes) is 1. The Morgan fingerprint density at radius 2 is 1.70 bits per heavy atom. The Labute approximate surface area is 157 Å². The van der Waals surface area contributed by atoms with Gasteiger partial charge >= 0.3 is 5.97 Å². The number of phenols is 1. The molecule has 3 N–H and O–H groups in total. The first-order valence-electron chi connectivity index (χ1n) is 8.66. The Bertz CT molecular complexity index is 807. The highest BCUT2D eigenvalue weighted by atomic mass is 16.4. The molecule has 0 bridgehead atoms. The number of aromatic hydroxyl groups is 1. The van der Waals surface area contributed by atoms with Crippen LogP contribution in [0.1, 0.15) is 36.5 Å². The van der Waals surface area contributed by atoms with Gasteiger partial charge in [0.15, 0.2) is 0 Å². The highest BCUT2D eigenvalue weighted by molar-refractivity contribution is 6.14. The van der Waals surface area contributed by atoms with E-state index in [1.807, 2.05) is 25.1 Å². The fraction of sp³-hybridized carbons (Fsp3) is 0.250. The molecule has 0 spiro atoms. The second-order valence-corrected chi connectivity index (χ2v) is 6.00. The lowest BCUT2D eigenvalue weighted by atomic mass is 10.0. The summed E-state index contributed by atoms with van der Waals surface area (Å²) in [4.78, 5) is 34.0. The number of para-hydroxylation sites is 2. The summed E-state index contributed by atoms with van der Waals surface area (Å²) in [7, 11) is 0. The fourth-order valence-electron chi connectivity index (χ4n) is 2.60. The molecule has 3 rings (SSSR count). The maximum Gasteiger partial charge on any atom is 0.339 e. The van der Waals surface area contributed by atoms with E-state index in [1.165, 1.54) is 17.1 Å². The molecule has 1 heterocycles. The standard InChI is InChI=1S/C13H16N2O2.C7H6O3/c1-2-3-9-11-12(16)14-15(13(11)17)10-7-5-4-6-8-10;8-6-4-2-1-3-5(6)7(9)10/h4-8,11H,2-3,9H2,1H3,(H,14,16);1-4,8H,(H,9,10). The number of amides is 2. The van der Waals surface area contributed by atoms with Crippen molar-refractivity contribution in [3.05, 3.63) is 60.2 Å². The van der Waals surface area contributed by atoms with Crippen LogP contribution in [0, 0.1) is 5.92 Å². The minimum atomic E-state index is -1.11. The number of nitrogens with one attached hydrogen (secondary N) is 1. The number of hydrogen-bond acceptors (Lipinski definition) is 4. The quantitative estimate of drug-likeness (QED) is 0.702. The molecule has 1 fully saturated rings. The minimum absolute atomic E-state index is 0.0671. The topological polar surface area (TPSA) is 107 Å². The number of hydrogen-bond donors (Lipinski definition) is 3. The van der Waals surface area contributed by atoms with Gasteiger partial charge in [0.1, 0.15) is 17.2 Å². The van der Waals surface area contributed by atoms with Crippen molar-refractivity contribution >= 4 is 23.5 Å². The van der Waals surface area contributed by atoms with Crippen LogP contribution in [0.4, 0.5) is 5.69 Å². The molecule has 27 heavy (non-hydrogen) atoms. The number of hydrazine groups is 1. The summed E-state index contributed by atoms with van der Waals surface area (Å²) >= 11 is 0. The third-order valence-electron chi connectivity index (χ3n) is 4.05. The van der Waals surface area contributed by atoms with Crippen LogP contribution in [0.2, 0.25) is 0 Å². The maximum absolute atomic E-state index is 12.1. The van der Waals surface area contributed by atoms with Crippen molar-refractivity contribution in [2.24, 2.45) is 5.92 Å². The van der Waals surface area contributed by atoms with E-state index in [9.17, 15) is 14.4 Å². The molecule has 0 saturated carbocycles. The molecular weight excluding hydrogens is 348 g/mol. The van der Waals surface area contributed by atoms with Crippen molar-refractivity contribution in [3.8, 4) is 5.75 Å². The second kappa shape index (κ2) is 9.38. The van der Waals surface area contributed by atoms with Crippen molar-refractivity contribution in [1.82, 2.24) is 5.43 Å². The van der Waals surface area contributed by atoms with Gasteiger partial charge in [-0.1, -0.05) is 50.1 Å². The van der Waals surface area contributed by atoms with Crippen LogP contribution in [0.3, 0.4) is 0 Å². The maximum atomic E-state index is 12.1. The van der Waals surface area contributed by atoms with Gasteiger partial charge in [-0.2, -0.15) is 0 Å². The van der Waals surface area contributed by atoms with Gasteiger partial charge in [-0.25, -0.2) is 9.80 Å². The van der Waals surface area contributed by atoms with Crippen LogP contribution >= 0.6 is 0 Å². The summed E-state index contributed by atoms with van der Waals surface area (Å²) in [5.74, 6) is -2.16. The summed E-state index contributed by atoms with van der Waals surface area (Å²) in [6.07, 6.45) is 2.51. The lowest BCUT2D eigenvalue weighted by molar-refractivity contribution is -0.127. The molecule has 1 unspecified atom stereocenters. The molecule has 0 aromatic heterocycles. The Kier molecular flexibility index (Phi) is 6.93. The van der Waals surface area contributed by atoms with E-state index in [0.29, 0.717) is 12.1 Å². The molecule has 1 atom stereocenters. The summed E-state index contributed by atoms with van der Waals surface area (Å²) in [5.41, 5.74) is 3.27. The van der Waals surface area contributed by atoms with Gasteiger partial charge in [0.05, 0.1) is 5.69 Å². The third-order valence-corrected chi connectivity index (χ3v) is 4.05. The SMILES string of the molecule is CCCCC1C(=O)NN(c2ccccc2)C1=O.O=C(O)c1ccccc1O. The molecule has 7 heteroatoms. The van der Waals surface area contributed by atoms with E-state index >= 15 is 0 Å². The van der Waals surface area contributed by atoms with Crippen LogP contribution in [-0.2, 0) is 9.59 Å². The van der Waals surface area contributed by atoms with E-state index < -0.39 is 11.9 Å². The average molecular weight is 370 g/mol. The van der Waals surface area contributed by atoms with E-state index in [4.69, 9.17) is 10.2 Å². The molecule has 1 aliphatic heterocycles. The molecule has 1 aliphatic rings. The van der Waals surface area contributed by atoms with E-state index in [-0.39, 0.29) is 23.1 Å². The Balaban J connectivity index is 0.000000223. The Morgan fingerprint density at radius 3 is 2.26 bits per heavy atom. The first-order chi connectivity index (χ1) is 13.0. The van der Waals surface area contributed by atoms with Gasteiger partial charge < -0.3 is 10.2 Å². The van der Waals surface area contributed by atoms with Crippen LogP contribution in [0.15, 0.2) is 54.6 Å². The number of rotatable bonds is 5. The first kappa shape index (κ1) is 20.0. The van der Waals surface area contributed by atoms with Crippen molar-refractivity contribution in [2.45, 2.75) is 26.2 Å². The van der Waals surface area contributed by atoms with Gasteiger partial charge in [0.25, 0.3) is 11.8 Å². The number of aromatic carboxylic acids is 1. The smallest absolute Gasteiger partial charge is 0.339 e. The lowest BCUT2D eigenvalue weighted by Gasteiger charge is -2.14.